The first-order valence-electron chi connectivity index (χ1n) is 16.7. The molecule has 0 saturated carbocycles. The maximum Gasteiger partial charge on any atom is 0.0978 e. The lowest BCUT2D eigenvalue weighted by Crippen LogP contribution is -1.94. The molecule has 4 aromatic heterocycles. The van der Waals surface area contributed by atoms with Gasteiger partial charge < -0.3 is 0 Å². The van der Waals surface area contributed by atoms with Crippen molar-refractivity contribution in [2.45, 2.75) is 0 Å². The number of benzene rings is 5. The molecule has 4 heteroatoms. The quantitative estimate of drug-likeness (QED) is 0.170. The summed E-state index contributed by atoms with van der Waals surface area (Å²) in [5.41, 5.74) is 15.0. The number of rotatable bonds is 6. The van der Waals surface area contributed by atoms with Crippen molar-refractivity contribution in [2.24, 2.45) is 0 Å². The van der Waals surface area contributed by atoms with Crippen LogP contribution in [-0.4, -0.2) is 19.9 Å². The van der Waals surface area contributed by atoms with Crippen LogP contribution in [0, 0.1) is 0 Å². The van der Waals surface area contributed by atoms with E-state index < -0.39 is 0 Å². The van der Waals surface area contributed by atoms with Crippen LogP contribution in [0.5, 0.6) is 0 Å². The first-order valence-corrected chi connectivity index (χ1v) is 16.7. The summed E-state index contributed by atoms with van der Waals surface area (Å²) in [6.07, 6.45) is 9.34. The van der Waals surface area contributed by atoms with Gasteiger partial charge in [-0.25, -0.2) is 4.98 Å². The molecule has 9 rings (SSSR count). The summed E-state index contributed by atoms with van der Waals surface area (Å²) in [7, 11) is 0. The highest BCUT2D eigenvalue weighted by Crippen LogP contribution is 2.39. The number of nitrogens with zero attached hydrogens (tertiary/aromatic N) is 4. The SMILES string of the molecule is c1ccc(-c2cc(-c3ccc(-c4cc(-c5cccnc5)cc(-c5cccnc5)c4)cc3)c3ccc4c(-c5ccccc5)ccnc4c3n2)cc1. The summed E-state index contributed by atoms with van der Waals surface area (Å²) in [6, 6.07) is 53.3. The van der Waals surface area contributed by atoms with Crippen molar-refractivity contribution in [1.82, 2.24) is 19.9 Å². The van der Waals surface area contributed by atoms with Crippen LogP contribution in [0.3, 0.4) is 0 Å². The van der Waals surface area contributed by atoms with Gasteiger partial charge in [-0.05, 0) is 87.0 Å². The van der Waals surface area contributed by atoms with E-state index in [1.165, 1.54) is 0 Å². The fourth-order valence-corrected chi connectivity index (χ4v) is 6.80. The summed E-state index contributed by atoms with van der Waals surface area (Å²) < 4.78 is 0. The van der Waals surface area contributed by atoms with Crippen LogP contribution in [0.4, 0.5) is 0 Å². The van der Waals surface area contributed by atoms with Gasteiger partial charge in [0.1, 0.15) is 0 Å². The van der Waals surface area contributed by atoms with E-state index in [1.54, 1.807) is 12.4 Å². The highest BCUT2D eigenvalue weighted by Gasteiger charge is 2.16. The van der Waals surface area contributed by atoms with E-state index in [0.29, 0.717) is 0 Å². The molecule has 0 unspecified atom stereocenters. The topological polar surface area (TPSA) is 51.6 Å². The van der Waals surface area contributed by atoms with Gasteiger partial charge in [0.25, 0.3) is 0 Å². The molecule has 0 radical (unpaired) electrons. The largest absolute Gasteiger partial charge is 0.264 e. The molecule has 234 valence electrons. The molecule has 0 aliphatic carbocycles. The van der Waals surface area contributed by atoms with E-state index in [-0.39, 0.29) is 0 Å². The fraction of sp³-hybridized carbons (Fsp3) is 0. The van der Waals surface area contributed by atoms with E-state index in [1.807, 2.05) is 42.9 Å². The number of pyridine rings is 4. The number of hydrogen-bond acceptors (Lipinski definition) is 4. The molecule has 0 saturated heterocycles. The molecular weight excluding hydrogens is 609 g/mol. The molecule has 5 aromatic carbocycles. The summed E-state index contributed by atoms with van der Waals surface area (Å²) in [5, 5.41) is 2.16. The minimum Gasteiger partial charge on any atom is -0.264 e. The Balaban J connectivity index is 1.20. The molecule has 0 aliphatic heterocycles. The molecule has 0 spiro atoms. The van der Waals surface area contributed by atoms with Crippen LogP contribution in [-0.2, 0) is 0 Å². The molecule has 0 bridgehead atoms. The zero-order valence-electron chi connectivity index (χ0n) is 27.1. The summed E-state index contributed by atoms with van der Waals surface area (Å²) in [5.74, 6) is 0. The van der Waals surface area contributed by atoms with Gasteiger partial charge >= 0.3 is 0 Å². The maximum atomic E-state index is 5.26. The van der Waals surface area contributed by atoms with Crippen LogP contribution in [0.1, 0.15) is 0 Å². The minimum atomic E-state index is 0.894. The molecule has 4 heterocycles. The molecule has 0 fully saturated rings. The first kappa shape index (κ1) is 29.4. The van der Waals surface area contributed by atoms with Gasteiger partial charge in [-0.3, -0.25) is 15.0 Å². The van der Waals surface area contributed by atoms with Crippen molar-refractivity contribution in [3.63, 3.8) is 0 Å². The zero-order valence-corrected chi connectivity index (χ0v) is 27.1. The average molecular weight is 639 g/mol. The lowest BCUT2D eigenvalue weighted by Gasteiger charge is -2.14. The van der Waals surface area contributed by atoms with Crippen molar-refractivity contribution in [1.29, 1.82) is 0 Å². The van der Waals surface area contributed by atoms with Gasteiger partial charge in [0.05, 0.1) is 16.7 Å². The third kappa shape index (κ3) is 5.49. The Morgan fingerprint density at radius 1 is 0.320 bits per heavy atom. The average Bonchev–Trinajstić information content (AvgIpc) is 3.21. The Labute approximate surface area is 290 Å². The van der Waals surface area contributed by atoms with Crippen molar-refractivity contribution in [3.05, 3.63) is 183 Å². The molecule has 9 aromatic rings. The number of fused-ring (bicyclic) bond motifs is 3. The van der Waals surface area contributed by atoms with Crippen LogP contribution in [0.15, 0.2) is 183 Å². The minimum absolute atomic E-state index is 0.894. The van der Waals surface area contributed by atoms with Gasteiger partial charge in [-0.15, -0.1) is 0 Å². The van der Waals surface area contributed by atoms with Crippen LogP contribution >= 0.6 is 0 Å². The van der Waals surface area contributed by atoms with E-state index >= 15 is 0 Å². The third-order valence-electron chi connectivity index (χ3n) is 9.30. The molecule has 0 atom stereocenters. The van der Waals surface area contributed by atoms with Gasteiger partial charge in [0, 0.05) is 58.4 Å². The molecule has 4 nitrogen and oxygen atoms in total. The van der Waals surface area contributed by atoms with Gasteiger partial charge in [-0.1, -0.05) is 109 Å². The van der Waals surface area contributed by atoms with Crippen molar-refractivity contribution in [3.8, 4) is 66.9 Å². The Bertz CT molecular complexity index is 2550. The molecule has 0 N–H and O–H groups in total. The lowest BCUT2D eigenvalue weighted by molar-refractivity contribution is 1.32. The van der Waals surface area contributed by atoms with Gasteiger partial charge in [-0.2, -0.15) is 0 Å². The van der Waals surface area contributed by atoms with Crippen LogP contribution in [0.25, 0.3) is 88.7 Å². The number of aromatic nitrogens is 4. The number of hydrogen-bond donors (Lipinski definition) is 0. The normalized spacial score (nSPS) is 11.2. The van der Waals surface area contributed by atoms with Crippen molar-refractivity contribution >= 4 is 21.8 Å². The standard InChI is InChI=1S/C46H30N4/c1-3-9-32(10-4-1)40-21-24-49-45-41(40)19-20-42-43(28-44(50-46(42)45)34-11-5-2-6-12-34)33-17-15-31(16-18-33)37-25-38(35-13-7-22-47-29-35)27-39(26-37)36-14-8-23-48-30-36/h1-30H. The predicted octanol–water partition coefficient (Wildman–Crippen LogP) is 11.6. The third-order valence-corrected chi connectivity index (χ3v) is 9.30. The van der Waals surface area contributed by atoms with E-state index in [2.05, 4.69) is 137 Å². The molecule has 0 amide bonds. The maximum absolute atomic E-state index is 5.26. The van der Waals surface area contributed by atoms with E-state index in [4.69, 9.17) is 9.97 Å². The Kier molecular flexibility index (Phi) is 7.45. The highest BCUT2D eigenvalue weighted by molar-refractivity contribution is 6.12. The Morgan fingerprint density at radius 3 is 1.44 bits per heavy atom. The van der Waals surface area contributed by atoms with Crippen molar-refractivity contribution < 1.29 is 0 Å². The zero-order chi connectivity index (χ0) is 33.3. The molecule has 0 aliphatic rings. The van der Waals surface area contributed by atoms with Gasteiger partial charge in [0.2, 0.25) is 0 Å². The van der Waals surface area contributed by atoms with Crippen molar-refractivity contribution in [2.75, 3.05) is 0 Å². The fourth-order valence-electron chi connectivity index (χ4n) is 6.80. The second-order valence-electron chi connectivity index (χ2n) is 12.4. The summed E-state index contributed by atoms with van der Waals surface area (Å²) in [4.78, 5) is 18.9. The lowest BCUT2D eigenvalue weighted by atomic mass is 9.92. The Morgan fingerprint density at radius 2 is 0.840 bits per heavy atom. The van der Waals surface area contributed by atoms with E-state index in [0.717, 1.165) is 88.7 Å². The Hall–Kier alpha value is -6.78. The summed E-state index contributed by atoms with van der Waals surface area (Å²) >= 11 is 0. The smallest absolute Gasteiger partial charge is 0.0978 e. The predicted molar refractivity (Wildman–Crippen MR) is 205 cm³/mol. The summed E-state index contributed by atoms with van der Waals surface area (Å²) in [6.45, 7) is 0. The monoisotopic (exact) mass is 638 g/mol. The van der Waals surface area contributed by atoms with Crippen LogP contribution in [0.2, 0.25) is 0 Å². The van der Waals surface area contributed by atoms with Crippen LogP contribution < -0.4 is 0 Å². The molecule has 50 heavy (non-hydrogen) atoms. The van der Waals surface area contributed by atoms with E-state index in [9.17, 15) is 0 Å². The highest BCUT2D eigenvalue weighted by atomic mass is 14.8. The second kappa shape index (κ2) is 12.7. The first-order chi connectivity index (χ1) is 24.8. The molecular formula is C46H30N4. The second-order valence-corrected chi connectivity index (χ2v) is 12.4. The van der Waals surface area contributed by atoms with Gasteiger partial charge in [0.15, 0.2) is 0 Å².